The van der Waals surface area contributed by atoms with Crippen LogP contribution in [0.1, 0.15) is 13.8 Å². The maximum Gasteiger partial charge on any atom is 0.237 e. The molecule has 0 aliphatic carbocycles. The molecule has 32 heavy (non-hydrogen) atoms. The lowest BCUT2D eigenvalue weighted by Gasteiger charge is -2.12. The van der Waals surface area contributed by atoms with Crippen LogP contribution in [0.5, 0.6) is 0 Å². The Morgan fingerprint density at radius 3 is 2.56 bits per heavy atom. The van der Waals surface area contributed by atoms with E-state index in [1.807, 2.05) is 55.5 Å². The Hall–Kier alpha value is -3.65. The van der Waals surface area contributed by atoms with Crippen LogP contribution in [0.25, 0.3) is 27.5 Å². The van der Waals surface area contributed by atoms with Crippen molar-refractivity contribution >= 4 is 45.2 Å². The second-order valence-electron chi connectivity index (χ2n) is 7.45. The van der Waals surface area contributed by atoms with Crippen molar-refractivity contribution in [3.8, 4) is 5.69 Å². The Morgan fingerprint density at radius 1 is 1.00 bits per heavy atom. The highest BCUT2D eigenvalue weighted by atomic mass is 32.2. The molecule has 0 radical (unpaired) electrons. The molecule has 160 valence electrons. The third-order valence-corrected chi connectivity index (χ3v) is 6.48. The van der Waals surface area contributed by atoms with Gasteiger partial charge in [0.25, 0.3) is 0 Å². The lowest BCUT2D eigenvalue weighted by Crippen LogP contribution is -2.22. The third kappa shape index (κ3) is 3.62. The van der Waals surface area contributed by atoms with Gasteiger partial charge in [0.05, 0.1) is 10.9 Å². The predicted molar refractivity (Wildman–Crippen MR) is 128 cm³/mol. The molecule has 0 saturated heterocycles. The maximum absolute atomic E-state index is 12.9. The Bertz CT molecular complexity index is 1410. The van der Waals surface area contributed by atoms with Crippen molar-refractivity contribution < 1.29 is 4.79 Å². The molecule has 1 atom stereocenters. The predicted octanol–water partition coefficient (Wildman–Crippen LogP) is 4.91. The molecule has 0 saturated carbocycles. The van der Waals surface area contributed by atoms with Crippen molar-refractivity contribution in [3.05, 3.63) is 72.8 Å². The molecule has 0 aliphatic heterocycles. The van der Waals surface area contributed by atoms with Gasteiger partial charge >= 0.3 is 0 Å². The van der Waals surface area contributed by atoms with E-state index in [1.165, 1.54) is 22.7 Å². The minimum atomic E-state index is -0.379. The van der Waals surface area contributed by atoms with E-state index in [0.717, 1.165) is 28.8 Å². The second-order valence-corrected chi connectivity index (χ2v) is 8.76. The van der Waals surface area contributed by atoms with E-state index in [9.17, 15) is 4.79 Å². The topological polar surface area (TPSA) is 77.6 Å². The van der Waals surface area contributed by atoms with Gasteiger partial charge in [-0.3, -0.25) is 4.79 Å². The minimum Gasteiger partial charge on any atom is -0.341 e. The number of benzene rings is 3. The number of para-hydroxylation sites is 2. The van der Waals surface area contributed by atoms with E-state index in [-0.39, 0.29) is 11.2 Å². The Labute approximate surface area is 189 Å². The smallest absolute Gasteiger partial charge is 0.237 e. The van der Waals surface area contributed by atoms with Crippen molar-refractivity contribution in [2.75, 3.05) is 5.32 Å². The first-order valence-corrected chi connectivity index (χ1v) is 11.4. The second kappa shape index (κ2) is 8.47. The van der Waals surface area contributed by atoms with Crippen molar-refractivity contribution in [1.29, 1.82) is 0 Å². The zero-order valence-corrected chi connectivity index (χ0v) is 18.6. The highest BCUT2D eigenvalue weighted by Crippen LogP contribution is 2.31. The molecule has 8 heteroatoms. The van der Waals surface area contributed by atoms with E-state index in [4.69, 9.17) is 0 Å². The van der Waals surface area contributed by atoms with Gasteiger partial charge in [-0.1, -0.05) is 48.2 Å². The molecular weight excluding hydrogens is 420 g/mol. The molecule has 0 bridgehead atoms. The third-order valence-electron chi connectivity index (χ3n) is 5.45. The van der Waals surface area contributed by atoms with E-state index < -0.39 is 0 Å². The molecule has 1 N–H and O–H groups in total. The van der Waals surface area contributed by atoms with Crippen LogP contribution in [0.15, 0.2) is 78.0 Å². The number of anilines is 1. The monoisotopic (exact) mass is 442 g/mol. The first kappa shape index (κ1) is 20.3. The largest absolute Gasteiger partial charge is 0.341 e. The normalized spacial score (nSPS) is 12.3. The Morgan fingerprint density at radius 2 is 1.75 bits per heavy atom. The van der Waals surface area contributed by atoms with E-state index in [0.29, 0.717) is 5.16 Å². The fraction of sp³-hybridized carbons (Fsp3) is 0.167. The van der Waals surface area contributed by atoms with Crippen molar-refractivity contribution in [2.24, 2.45) is 0 Å². The SMILES string of the molecule is CCn1c2ccccc2c2cc(NC(=O)C(C)Sc3nnnn3-c3ccccc3)ccc21. The van der Waals surface area contributed by atoms with Gasteiger partial charge in [0.2, 0.25) is 11.1 Å². The maximum atomic E-state index is 12.9. The van der Waals surface area contributed by atoms with E-state index in [1.54, 1.807) is 4.68 Å². The highest BCUT2D eigenvalue weighted by Gasteiger charge is 2.20. The number of fused-ring (bicyclic) bond motifs is 3. The number of nitrogens with one attached hydrogen (secondary N) is 1. The van der Waals surface area contributed by atoms with Gasteiger partial charge in [0.15, 0.2) is 0 Å². The molecule has 0 spiro atoms. The van der Waals surface area contributed by atoms with Crippen LogP contribution in [0.2, 0.25) is 0 Å². The van der Waals surface area contributed by atoms with Gasteiger partial charge in [-0.05, 0) is 60.7 Å². The average Bonchev–Trinajstić information content (AvgIpc) is 3.41. The van der Waals surface area contributed by atoms with E-state index >= 15 is 0 Å². The van der Waals surface area contributed by atoms with Crippen LogP contribution in [-0.2, 0) is 11.3 Å². The number of rotatable bonds is 6. The van der Waals surface area contributed by atoms with Gasteiger partial charge < -0.3 is 9.88 Å². The first-order chi connectivity index (χ1) is 15.7. The fourth-order valence-corrected chi connectivity index (χ4v) is 4.72. The van der Waals surface area contributed by atoms with Crippen LogP contribution in [0, 0.1) is 0 Å². The quantitative estimate of drug-likeness (QED) is 0.378. The van der Waals surface area contributed by atoms with Crippen LogP contribution >= 0.6 is 11.8 Å². The number of carbonyl (C=O) groups is 1. The summed E-state index contributed by atoms with van der Waals surface area (Å²) in [4.78, 5) is 12.9. The summed E-state index contributed by atoms with van der Waals surface area (Å²) in [6, 6.07) is 24.1. The minimum absolute atomic E-state index is 0.101. The summed E-state index contributed by atoms with van der Waals surface area (Å²) in [7, 11) is 0. The number of nitrogens with zero attached hydrogens (tertiary/aromatic N) is 5. The number of aromatic nitrogens is 5. The van der Waals surface area contributed by atoms with Crippen molar-refractivity contribution in [1.82, 2.24) is 24.8 Å². The van der Waals surface area contributed by atoms with E-state index in [2.05, 4.69) is 56.6 Å². The van der Waals surface area contributed by atoms with Gasteiger partial charge in [-0.25, -0.2) is 0 Å². The molecule has 1 amide bonds. The molecule has 7 nitrogen and oxygen atoms in total. The molecule has 2 heterocycles. The number of amides is 1. The first-order valence-electron chi connectivity index (χ1n) is 10.5. The number of carbonyl (C=O) groups excluding carboxylic acids is 1. The molecule has 0 aliphatic rings. The van der Waals surface area contributed by atoms with Crippen molar-refractivity contribution in [3.63, 3.8) is 0 Å². The molecule has 1 unspecified atom stereocenters. The zero-order chi connectivity index (χ0) is 22.1. The Balaban J connectivity index is 1.37. The number of aryl methyl sites for hydroxylation is 1. The number of hydrogen-bond donors (Lipinski definition) is 1. The summed E-state index contributed by atoms with van der Waals surface area (Å²) in [6.07, 6.45) is 0. The zero-order valence-electron chi connectivity index (χ0n) is 17.8. The summed E-state index contributed by atoms with van der Waals surface area (Å²) >= 11 is 1.32. The molecule has 3 aromatic carbocycles. The lowest BCUT2D eigenvalue weighted by molar-refractivity contribution is -0.115. The molecule has 2 aromatic heterocycles. The highest BCUT2D eigenvalue weighted by molar-refractivity contribution is 8.00. The standard InChI is InChI=1S/C24H22N6OS/c1-3-29-21-12-8-7-11-19(21)20-15-17(13-14-22(20)29)25-23(31)16(2)32-24-26-27-28-30(24)18-9-5-4-6-10-18/h4-16H,3H2,1-2H3,(H,25,31). The molecule has 0 fully saturated rings. The van der Waals surface area contributed by atoms with Crippen molar-refractivity contribution in [2.45, 2.75) is 30.8 Å². The number of tetrazole rings is 1. The van der Waals surface area contributed by atoms with Crippen LogP contribution in [0.4, 0.5) is 5.69 Å². The molecule has 5 rings (SSSR count). The average molecular weight is 443 g/mol. The fourth-order valence-electron chi connectivity index (χ4n) is 3.91. The van der Waals surface area contributed by atoms with Gasteiger partial charge in [0, 0.05) is 34.0 Å². The number of hydrogen-bond acceptors (Lipinski definition) is 5. The lowest BCUT2D eigenvalue weighted by atomic mass is 10.1. The van der Waals surface area contributed by atoms with Crippen LogP contribution < -0.4 is 5.32 Å². The summed E-state index contributed by atoms with van der Waals surface area (Å²) in [6.45, 7) is 4.88. The van der Waals surface area contributed by atoms with Gasteiger partial charge in [0.1, 0.15) is 0 Å². The summed E-state index contributed by atoms with van der Waals surface area (Å²) in [5, 5.41) is 17.5. The van der Waals surface area contributed by atoms with Crippen LogP contribution in [0.3, 0.4) is 0 Å². The summed E-state index contributed by atoms with van der Waals surface area (Å²) in [5.74, 6) is -0.101. The summed E-state index contributed by atoms with van der Waals surface area (Å²) in [5.41, 5.74) is 3.99. The van der Waals surface area contributed by atoms with Crippen LogP contribution in [-0.4, -0.2) is 35.9 Å². The summed E-state index contributed by atoms with van der Waals surface area (Å²) < 4.78 is 3.93. The van der Waals surface area contributed by atoms with Gasteiger partial charge in [-0.15, -0.1) is 5.10 Å². The Kier molecular flexibility index (Phi) is 5.36. The molecule has 5 aromatic rings. The molecular formula is C24H22N6OS. The van der Waals surface area contributed by atoms with Gasteiger partial charge in [-0.2, -0.15) is 4.68 Å². The number of thioether (sulfide) groups is 1.